The lowest BCUT2D eigenvalue weighted by Gasteiger charge is -2.14. The molecule has 1 nitrogen and oxygen atoms in total. The van der Waals surface area contributed by atoms with Crippen molar-refractivity contribution >= 4 is 0 Å². The van der Waals surface area contributed by atoms with Gasteiger partial charge in [0.15, 0.2) is 0 Å². The van der Waals surface area contributed by atoms with Crippen molar-refractivity contribution in [2.24, 2.45) is 5.92 Å². The molecule has 76 valence electrons. The van der Waals surface area contributed by atoms with Gasteiger partial charge in [-0.25, -0.2) is 0 Å². The van der Waals surface area contributed by atoms with E-state index in [1.165, 1.54) is 38.5 Å². The average Bonchev–Trinajstić information content (AvgIpc) is 2.60. The first-order valence-electron chi connectivity index (χ1n) is 5.62. The van der Waals surface area contributed by atoms with Crippen LogP contribution in [-0.2, 0) is 4.74 Å². The number of ether oxygens (including phenoxy) is 1. The second kappa shape index (κ2) is 6.20. The molecule has 0 aliphatic carbocycles. The van der Waals surface area contributed by atoms with Gasteiger partial charge in [-0.1, -0.05) is 38.7 Å². The van der Waals surface area contributed by atoms with Crippen LogP contribution in [0.3, 0.4) is 0 Å². The summed E-state index contributed by atoms with van der Waals surface area (Å²) in [6, 6.07) is 0. The largest absolute Gasteiger partial charge is 0.378 e. The lowest BCUT2D eigenvalue weighted by molar-refractivity contribution is 0.0897. The zero-order valence-electron chi connectivity index (χ0n) is 8.80. The lowest BCUT2D eigenvalue weighted by atomic mass is 9.97. The molecule has 0 saturated carbocycles. The summed E-state index contributed by atoms with van der Waals surface area (Å²) < 4.78 is 5.67. The van der Waals surface area contributed by atoms with Crippen molar-refractivity contribution in [1.82, 2.24) is 0 Å². The molecule has 1 aliphatic rings. The van der Waals surface area contributed by atoms with Crippen LogP contribution >= 0.6 is 0 Å². The maximum atomic E-state index is 5.67. The maximum Gasteiger partial charge on any atom is 0.0638 e. The molecule has 0 N–H and O–H groups in total. The number of hydrogen-bond acceptors (Lipinski definition) is 1. The van der Waals surface area contributed by atoms with Crippen molar-refractivity contribution in [3.63, 3.8) is 0 Å². The Kier molecular flexibility index (Phi) is 5.14. The minimum Gasteiger partial charge on any atom is -0.378 e. The Morgan fingerprint density at radius 1 is 1.38 bits per heavy atom. The first-order valence-corrected chi connectivity index (χ1v) is 5.62. The van der Waals surface area contributed by atoms with E-state index in [1.807, 2.05) is 0 Å². The van der Waals surface area contributed by atoms with Gasteiger partial charge in [-0.2, -0.15) is 0 Å². The Bertz CT molecular complexity index is 142. The fourth-order valence-electron chi connectivity index (χ4n) is 2.00. The number of hydrogen-bond donors (Lipinski definition) is 0. The molecule has 0 unspecified atom stereocenters. The van der Waals surface area contributed by atoms with E-state index in [-0.39, 0.29) is 0 Å². The highest BCUT2D eigenvalue weighted by Crippen LogP contribution is 2.25. The SMILES string of the molecule is C=C[C@@H]1CCO[C@H]1CCCCCC. The van der Waals surface area contributed by atoms with Crippen LogP contribution in [-0.4, -0.2) is 12.7 Å². The molecule has 1 fully saturated rings. The predicted octanol–water partition coefficient (Wildman–Crippen LogP) is 3.55. The van der Waals surface area contributed by atoms with Crippen molar-refractivity contribution in [2.45, 2.75) is 51.6 Å². The Morgan fingerprint density at radius 3 is 2.92 bits per heavy atom. The monoisotopic (exact) mass is 182 g/mol. The summed E-state index contributed by atoms with van der Waals surface area (Å²) in [5.41, 5.74) is 0. The first kappa shape index (κ1) is 10.8. The second-order valence-corrected chi connectivity index (χ2v) is 3.95. The summed E-state index contributed by atoms with van der Waals surface area (Å²) in [7, 11) is 0. The third kappa shape index (κ3) is 3.51. The summed E-state index contributed by atoms with van der Waals surface area (Å²) in [6.45, 7) is 7.05. The van der Waals surface area contributed by atoms with Crippen molar-refractivity contribution in [2.75, 3.05) is 6.61 Å². The van der Waals surface area contributed by atoms with E-state index < -0.39 is 0 Å². The van der Waals surface area contributed by atoms with E-state index in [0.29, 0.717) is 12.0 Å². The lowest BCUT2D eigenvalue weighted by Crippen LogP contribution is -2.13. The fourth-order valence-corrected chi connectivity index (χ4v) is 2.00. The van der Waals surface area contributed by atoms with Crippen LogP contribution in [0.5, 0.6) is 0 Å². The molecule has 0 aromatic rings. The van der Waals surface area contributed by atoms with E-state index in [2.05, 4.69) is 19.6 Å². The average molecular weight is 182 g/mol. The van der Waals surface area contributed by atoms with Crippen molar-refractivity contribution in [3.8, 4) is 0 Å². The van der Waals surface area contributed by atoms with Gasteiger partial charge >= 0.3 is 0 Å². The van der Waals surface area contributed by atoms with Crippen molar-refractivity contribution < 1.29 is 4.74 Å². The molecule has 1 heterocycles. The molecule has 1 saturated heterocycles. The molecule has 0 amide bonds. The molecule has 1 rings (SSSR count). The van der Waals surface area contributed by atoms with Crippen LogP contribution < -0.4 is 0 Å². The molecule has 0 bridgehead atoms. The minimum absolute atomic E-state index is 0.481. The van der Waals surface area contributed by atoms with Crippen LogP contribution in [0.2, 0.25) is 0 Å². The summed E-state index contributed by atoms with van der Waals surface area (Å²) in [5, 5.41) is 0. The third-order valence-corrected chi connectivity index (χ3v) is 2.91. The Labute approximate surface area is 82.2 Å². The van der Waals surface area contributed by atoms with Gasteiger partial charge in [-0.15, -0.1) is 6.58 Å². The number of unbranched alkanes of at least 4 members (excludes halogenated alkanes) is 3. The Balaban J connectivity index is 2.09. The quantitative estimate of drug-likeness (QED) is 0.451. The first-order chi connectivity index (χ1) is 6.38. The third-order valence-electron chi connectivity index (χ3n) is 2.91. The molecule has 13 heavy (non-hydrogen) atoms. The highest BCUT2D eigenvalue weighted by molar-refractivity contribution is 4.88. The van der Waals surface area contributed by atoms with Gasteiger partial charge in [0.05, 0.1) is 6.10 Å². The van der Waals surface area contributed by atoms with Crippen LogP contribution in [0.1, 0.15) is 45.4 Å². The van der Waals surface area contributed by atoms with Gasteiger partial charge in [0.25, 0.3) is 0 Å². The van der Waals surface area contributed by atoms with E-state index >= 15 is 0 Å². The highest BCUT2D eigenvalue weighted by atomic mass is 16.5. The Hall–Kier alpha value is -0.300. The van der Waals surface area contributed by atoms with Crippen LogP contribution in [0, 0.1) is 5.92 Å². The normalized spacial score (nSPS) is 27.8. The topological polar surface area (TPSA) is 9.23 Å². The van der Waals surface area contributed by atoms with E-state index in [1.54, 1.807) is 0 Å². The number of rotatable bonds is 6. The Morgan fingerprint density at radius 2 is 2.23 bits per heavy atom. The molecular formula is C12H22O. The van der Waals surface area contributed by atoms with Crippen LogP contribution in [0.15, 0.2) is 12.7 Å². The minimum atomic E-state index is 0.481. The van der Waals surface area contributed by atoms with Crippen LogP contribution in [0.4, 0.5) is 0 Å². The molecule has 2 atom stereocenters. The van der Waals surface area contributed by atoms with Gasteiger partial charge in [-0.3, -0.25) is 0 Å². The molecule has 0 aromatic heterocycles. The fraction of sp³-hybridized carbons (Fsp3) is 0.833. The maximum absolute atomic E-state index is 5.67. The van der Waals surface area contributed by atoms with Crippen molar-refractivity contribution in [3.05, 3.63) is 12.7 Å². The standard InChI is InChI=1S/C12H22O/c1-3-5-6-7-8-12-11(4-2)9-10-13-12/h4,11-12H,2-3,5-10H2,1H3/t11-,12+/m1/s1. The zero-order chi connectivity index (χ0) is 9.52. The van der Waals surface area contributed by atoms with Gasteiger partial charge in [0.1, 0.15) is 0 Å². The van der Waals surface area contributed by atoms with E-state index in [4.69, 9.17) is 4.74 Å². The van der Waals surface area contributed by atoms with Gasteiger partial charge in [0, 0.05) is 12.5 Å². The highest BCUT2D eigenvalue weighted by Gasteiger charge is 2.24. The second-order valence-electron chi connectivity index (χ2n) is 3.95. The smallest absolute Gasteiger partial charge is 0.0638 e. The molecular weight excluding hydrogens is 160 g/mol. The predicted molar refractivity (Wildman–Crippen MR) is 56.8 cm³/mol. The molecule has 1 aliphatic heterocycles. The summed E-state index contributed by atoms with van der Waals surface area (Å²) >= 11 is 0. The summed E-state index contributed by atoms with van der Waals surface area (Å²) in [5.74, 6) is 0.627. The van der Waals surface area contributed by atoms with Crippen molar-refractivity contribution in [1.29, 1.82) is 0 Å². The van der Waals surface area contributed by atoms with Gasteiger partial charge < -0.3 is 4.74 Å². The van der Waals surface area contributed by atoms with Gasteiger partial charge in [0.2, 0.25) is 0 Å². The van der Waals surface area contributed by atoms with E-state index in [9.17, 15) is 0 Å². The van der Waals surface area contributed by atoms with Gasteiger partial charge in [-0.05, 0) is 12.8 Å². The molecule has 0 spiro atoms. The molecule has 0 aromatic carbocycles. The van der Waals surface area contributed by atoms with Crippen LogP contribution in [0.25, 0.3) is 0 Å². The summed E-state index contributed by atoms with van der Waals surface area (Å²) in [6.07, 6.45) is 10.3. The molecule has 0 radical (unpaired) electrons. The zero-order valence-corrected chi connectivity index (χ0v) is 8.80. The van der Waals surface area contributed by atoms with E-state index in [0.717, 1.165) is 6.61 Å². The molecule has 1 heteroatoms. The summed E-state index contributed by atoms with van der Waals surface area (Å²) in [4.78, 5) is 0.